The number of ether oxygens (including phenoxy) is 4. The van der Waals surface area contributed by atoms with E-state index in [0.717, 1.165) is 0 Å². The fourth-order valence-electron chi connectivity index (χ4n) is 3.75. The molecule has 0 aliphatic carbocycles. The Labute approximate surface area is 201 Å². The molecular formula is C22H25N5O7S. The van der Waals surface area contributed by atoms with Crippen LogP contribution in [0.25, 0.3) is 10.9 Å². The van der Waals surface area contributed by atoms with Crippen LogP contribution in [0.4, 0.5) is 4.79 Å². The van der Waals surface area contributed by atoms with Gasteiger partial charge < -0.3 is 24.7 Å². The maximum absolute atomic E-state index is 11.5. The van der Waals surface area contributed by atoms with Crippen LogP contribution in [0.2, 0.25) is 0 Å². The molecule has 2 heterocycles. The van der Waals surface area contributed by atoms with E-state index in [1.807, 2.05) is 0 Å². The molecule has 35 heavy (non-hydrogen) atoms. The second kappa shape index (κ2) is 10.3. The van der Waals surface area contributed by atoms with Crippen molar-refractivity contribution < 1.29 is 32.2 Å². The van der Waals surface area contributed by atoms with Crippen molar-refractivity contribution in [3.05, 3.63) is 42.6 Å². The van der Waals surface area contributed by atoms with E-state index in [2.05, 4.69) is 10.2 Å². The van der Waals surface area contributed by atoms with E-state index in [-0.39, 0.29) is 5.92 Å². The molecular weight excluding hydrogens is 478 g/mol. The summed E-state index contributed by atoms with van der Waals surface area (Å²) in [5.41, 5.74) is 5.55. The molecule has 12 nitrogen and oxygen atoms in total. The molecule has 0 radical (unpaired) electrons. The molecule has 1 fully saturated rings. The van der Waals surface area contributed by atoms with Gasteiger partial charge in [0.05, 0.1) is 25.3 Å². The fraction of sp³-hybridized carbons (Fsp3) is 0.318. The third-order valence-electron chi connectivity index (χ3n) is 5.57. The van der Waals surface area contributed by atoms with Crippen LogP contribution >= 0.6 is 0 Å². The number of carbonyl (C=O) groups is 1. The number of nitrogens with zero attached hydrogens (tertiary/aromatic N) is 3. The number of hydrogen-bond donors (Lipinski definition) is 2. The van der Waals surface area contributed by atoms with Crippen LogP contribution in [-0.4, -0.2) is 55.8 Å². The van der Waals surface area contributed by atoms with E-state index in [1.54, 1.807) is 36.4 Å². The number of primary amides is 1. The van der Waals surface area contributed by atoms with Gasteiger partial charge in [0.15, 0.2) is 17.2 Å². The van der Waals surface area contributed by atoms with Crippen molar-refractivity contribution in [1.29, 1.82) is 0 Å². The van der Waals surface area contributed by atoms with Crippen molar-refractivity contribution in [2.75, 3.05) is 26.8 Å². The Morgan fingerprint density at radius 2 is 1.77 bits per heavy atom. The molecule has 4 N–H and O–H groups in total. The molecule has 1 amide bonds. The highest BCUT2D eigenvalue weighted by Crippen LogP contribution is 2.37. The Morgan fingerprint density at radius 1 is 1.09 bits per heavy atom. The lowest BCUT2D eigenvalue weighted by molar-refractivity contribution is 0.181. The lowest BCUT2D eigenvalue weighted by Crippen LogP contribution is -2.43. The second-order valence-electron chi connectivity index (χ2n) is 7.92. The Morgan fingerprint density at radius 3 is 2.40 bits per heavy atom. The average molecular weight is 504 g/mol. The first kappa shape index (κ1) is 24.4. The molecule has 2 aromatic carbocycles. The number of amides is 1. The zero-order chi connectivity index (χ0) is 25.0. The van der Waals surface area contributed by atoms with E-state index in [1.165, 1.54) is 17.6 Å². The van der Waals surface area contributed by atoms with Gasteiger partial charge in [0.1, 0.15) is 17.0 Å². The van der Waals surface area contributed by atoms with Crippen LogP contribution < -0.4 is 29.8 Å². The summed E-state index contributed by atoms with van der Waals surface area (Å²) in [7, 11) is -2.13. The SMILES string of the molecule is COc1cc2c(Oc3ccc(OC(N)=O)cc3)cnnc2cc1OCC1CCN(S(N)(=O)=O)CC1. The summed E-state index contributed by atoms with van der Waals surface area (Å²) < 4.78 is 46.5. The summed E-state index contributed by atoms with van der Waals surface area (Å²) in [6.45, 7) is 1.12. The van der Waals surface area contributed by atoms with Crippen LogP contribution in [0.5, 0.6) is 28.7 Å². The van der Waals surface area contributed by atoms with Crippen LogP contribution in [0.15, 0.2) is 42.6 Å². The maximum Gasteiger partial charge on any atom is 0.409 e. The van der Waals surface area contributed by atoms with Crippen molar-refractivity contribution in [3.8, 4) is 28.7 Å². The average Bonchev–Trinajstić information content (AvgIpc) is 2.83. The van der Waals surface area contributed by atoms with Crippen LogP contribution in [0.3, 0.4) is 0 Å². The van der Waals surface area contributed by atoms with Crippen LogP contribution in [0.1, 0.15) is 12.8 Å². The van der Waals surface area contributed by atoms with Gasteiger partial charge in [0.2, 0.25) is 0 Å². The molecule has 1 aliphatic heterocycles. The number of aromatic nitrogens is 2. The van der Waals surface area contributed by atoms with Crippen molar-refractivity contribution in [1.82, 2.24) is 14.5 Å². The van der Waals surface area contributed by atoms with Crippen molar-refractivity contribution in [2.45, 2.75) is 12.8 Å². The number of methoxy groups -OCH3 is 1. The first-order valence-electron chi connectivity index (χ1n) is 10.7. The zero-order valence-electron chi connectivity index (χ0n) is 18.9. The minimum absolute atomic E-state index is 0.177. The van der Waals surface area contributed by atoms with Gasteiger partial charge in [-0.25, -0.2) is 9.93 Å². The number of benzene rings is 2. The summed E-state index contributed by atoms with van der Waals surface area (Å²) in [5, 5.41) is 14.0. The molecule has 13 heteroatoms. The van der Waals surface area contributed by atoms with E-state index in [9.17, 15) is 13.2 Å². The molecule has 1 saturated heterocycles. The van der Waals surface area contributed by atoms with Gasteiger partial charge in [-0.2, -0.15) is 22.9 Å². The Hall–Kier alpha value is -3.68. The largest absolute Gasteiger partial charge is 0.493 e. The third kappa shape index (κ3) is 6.07. The molecule has 186 valence electrons. The normalized spacial score (nSPS) is 15.0. The highest BCUT2D eigenvalue weighted by atomic mass is 32.2. The molecule has 0 saturated carbocycles. The molecule has 0 unspecified atom stereocenters. The van der Waals surface area contributed by atoms with Crippen molar-refractivity contribution in [2.24, 2.45) is 16.8 Å². The van der Waals surface area contributed by atoms with Gasteiger partial charge in [-0.3, -0.25) is 0 Å². The number of piperidine rings is 1. The molecule has 1 aromatic heterocycles. The minimum Gasteiger partial charge on any atom is -0.493 e. The first-order chi connectivity index (χ1) is 16.7. The fourth-order valence-corrected chi connectivity index (χ4v) is 4.47. The van der Waals surface area contributed by atoms with Gasteiger partial charge in [0.25, 0.3) is 10.2 Å². The van der Waals surface area contributed by atoms with Crippen LogP contribution in [-0.2, 0) is 10.2 Å². The predicted octanol–water partition coefficient (Wildman–Crippen LogP) is 2.18. The Bertz CT molecular complexity index is 1310. The minimum atomic E-state index is -3.66. The maximum atomic E-state index is 11.5. The lowest BCUT2D eigenvalue weighted by atomic mass is 9.99. The van der Waals surface area contributed by atoms with Gasteiger partial charge in [0, 0.05) is 19.2 Å². The molecule has 0 atom stereocenters. The number of carbonyl (C=O) groups excluding carboxylic acids is 1. The number of fused-ring (bicyclic) bond motifs is 1. The summed E-state index contributed by atoms with van der Waals surface area (Å²) in [6, 6.07) is 9.83. The molecule has 4 rings (SSSR count). The van der Waals surface area contributed by atoms with Gasteiger partial charge in [-0.1, -0.05) is 0 Å². The zero-order valence-corrected chi connectivity index (χ0v) is 19.7. The number of rotatable bonds is 8. The summed E-state index contributed by atoms with van der Waals surface area (Å²) in [4.78, 5) is 10.9. The topological polar surface area (TPSA) is 169 Å². The molecule has 1 aliphatic rings. The highest BCUT2D eigenvalue weighted by Gasteiger charge is 2.26. The quantitative estimate of drug-likeness (QED) is 0.468. The molecule has 3 aromatic rings. The molecule has 0 spiro atoms. The van der Waals surface area contributed by atoms with Gasteiger partial charge in [-0.05, 0) is 49.1 Å². The van der Waals surface area contributed by atoms with Gasteiger partial charge in [-0.15, -0.1) is 0 Å². The first-order valence-corrected chi connectivity index (χ1v) is 12.2. The Balaban J connectivity index is 1.48. The molecule has 0 bridgehead atoms. The van der Waals surface area contributed by atoms with E-state index in [4.69, 9.17) is 29.8 Å². The van der Waals surface area contributed by atoms with E-state index < -0.39 is 16.3 Å². The Kier molecular flexibility index (Phi) is 7.19. The van der Waals surface area contributed by atoms with Crippen molar-refractivity contribution >= 4 is 27.2 Å². The standard InChI is InChI=1S/C22H25N5O7S/c1-31-19-10-17-18(11-20(19)32-13-14-6-8-27(9-7-14)35(24,29)30)26-25-12-21(17)33-15-2-4-16(5-3-15)34-22(23)28/h2-5,10-12,14H,6-9,13H2,1H3,(H2,23,28)(H2,24,29,30). The predicted molar refractivity (Wildman–Crippen MR) is 126 cm³/mol. The monoisotopic (exact) mass is 503 g/mol. The van der Waals surface area contributed by atoms with E-state index >= 15 is 0 Å². The smallest absolute Gasteiger partial charge is 0.409 e. The van der Waals surface area contributed by atoms with E-state index in [0.29, 0.717) is 72.2 Å². The third-order valence-corrected chi connectivity index (χ3v) is 6.65. The number of nitrogens with two attached hydrogens (primary N) is 2. The van der Waals surface area contributed by atoms with Crippen molar-refractivity contribution in [3.63, 3.8) is 0 Å². The summed E-state index contributed by atoms with van der Waals surface area (Å²) in [5.74, 6) is 2.38. The highest BCUT2D eigenvalue weighted by molar-refractivity contribution is 7.86. The summed E-state index contributed by atoms with van der Waals surface area (Å²) in [6.07, 6.45) is 1.87. The second-order valence-corrected chi connectivity index (χ2v) is 9.47. The number of hydrogen-bond acceptors (Lipinski definition) is 9. The lowest BCUT2D eigenvalue weighted by Gasteiger charge is -2.29. The summed E-state index contributed by atoms with van der Waals surface area (Å²) >= 11 is 0. The van der Waals surface area contributed by atoms with Crippen LogP contribution in [0, 0.1) is 5.92 Å². The van der Waals surface area contributed by atoms with Gasteiger partial charge >= 0.3 is 6.09 Å².